The highest BCUT2D eigenvalue weighted by molar-refractivity contribution is 5.94. The molecule has 1 aliphatic carbocycles. The molecule has 0 bridgehead atoms. The molecule has 0 radical (unpaired) electrons. The monoisotopic (exact) mass is 350 g/mol. The maximum atomic E-state index is 12.4. The number of carbonyl (C=O) groups excluding carboxylic acids is 1. The highest BCUT2D eigenvalue weighted by atomic mass is 16.5. The fourth-order valence-electron chi connectivity index (χ4n) is 3.88. The fraction of sp³-hybridized carbons (Fsp3) is 0.333. The Hall–Kier alpha value is -2.66. The lowest BCUT2D eigenvalue weighted by atomic mass is 9.78. The van der Waals surface area contributed by atoms with Crippen molar-refractivity contribution in [2.45, 2.75) is 37.3 Å². The topological polar surface area (TPSA) is 64.4 Å². The van der Waals surface area contributed by atoms with Crippen molar-refractivity contribution in [2.24, 2.45) is 0 Å². The number of amides is 1. The minimum absolute atomic E-state index is 0.0180. The van der Waals surface area contributed by atoms with E-state index in [-0.39, 0.29) is 11.9 Å². The van der Waals surface area contributed by atoms with Gasteiger partial charge in [-0.2, -0.15) is 0 Å². The van der Waals surface area contributed by atoms with Crippen LogP contribution in [0.1, 0.15) is 41.7 Å². The fourth-order valence-corrected chi connectivity index (χ4v) is 3.88. The standard InChI is InChI=1S/C21H22N2O3/c1-25-21(19-17-10-14-26-18(17)9-13-22-19)11-7-16(8-12-21)23-20(24)15-5-3-2-4-6-15/h2-6,9-10,13-14,16H,7-8,11-12H2,1H3,(H,23,24). The molecule has 0 saturated heterocycles. The number of benzene rings is 1. The van der Waals surface area contributed by atoms with E-state index in [0.717, 1.165) is 42.3 Å². The van der Waals surface area contributed by atoms with E-state index in [1.807, 2.05) is 42.5 Å². The average Bonchev–Trinajstić information content (AvgIpc) is 3.18. The van der Waals surface area contributed by atoms with Crippen LogP contribution in [0.2, 0.25) is 0 Å². The molecule has 0 unspecified atom stereocenters. The molecule has 1 amide bonds. The zero-order valence-electron chi connectivity index (χ0n) is 14.8. The molecule has 26 heavy (non-hydrogen) atoms. The van der Waals surface area contributed by atoms with Crippen LogP contribution in [0.25, 0.3) is 11.0 Å². The summed E-state index contributed by atoms with van der Waals surface area (Å²) in [6.45, 7) is 0. The largest absolute Gasteiger partial charge is 0.464 e. The molecule has 0 spiro atoms. The first kappa shape index (κ1) is 16.8. The number of hydrogen-bond donors (Lipinski definition) is 1. The van der Waals surface area contributed by atoms with Crippen LogP contribution in [0, 0.1) is 0 Å². The van der Waals surface area contributed by atoms with Gasteiger partial charge in [-0.25, -0.2) is 0 Å². The van der Waals surface area contributed by atoms with Gasteiger partial charge in [0.05, 0.1) is 12.0 Å². The first-order chi connectivity index (χ1) is 12.7. The minimum atomic E-state index is -0.433. The van der Waals surface area contributed by atoms with Gasteiger partial charge in [0.15, 0.2) is 0 Å². The number of furan rings is 1. The van der Waals surface area contributed by atoms with Gasteiger partial charge in [0, 0.05) is 30.3 Å². The van der Waals surface area contributed by atoms with Crippen LogP contribution in [-0.4, -0.2) is 24.0 Å². The Labute approximate surface area is 152 Å². The Morgan fingerprint density at radius 2 is 1.96 bits per heavy atom. The summed E-state index contributed by atoms with van der Waals surface area (Å²) in [5.74, 6) is -0.0180. The zero-order chi connectivity index (χ0) is 18.0. The number of aromatic nitrogens is 1. The Morgan fingerprint density at radius 1 is 1.19 bits per heavy atom. The normalized spacial score (nSPS) is 23.0. The Balaban J connectivity index is 1.49. The number of carbonyl (C=O) groups is 1. The van der Waals surface area contributed by atoms with Gasteiger partial charge in [-0.1, -0.05) is 18.2 Å². The van der Waals surface area contributed by atoms with E-state index in [2.05, 4.69) is 10.3 Å². The van der Waals surface area contributed by atoms with E-state index in [9.17, 15) is 4.79 Å². The molecule has 1 aromatic carbocycles. The average molecular weight is 350 g/mol. The molecule has 3 aromatic rings. The third-order valence-electron chi connectivity index (χ3n) is 5.37. The van der Waals surface area contributed by atoms with Crippen molar-refractivity contribution in [1.29, 1.82) is 0 Å². The number of rotatable bonds is 4. The first-order valence-corrected chi connectivity index (χ1v) is 8.96. The van der Waals surface area contributed by atoms with E-state index >= 15 is 0 Å². The minimum Gasteiger partial charge on any atom is -0.464 e. The lowest BCUT2D eigenvalue weighted by molar-refractivity contribution is -0.0515. The number of nitrogens with one attached hydrogen (secondary N) is 1. The smallest absolute Gasteiger partial charge is 0.251 e. The van der Waals surface area contributed by atoms with Crippen LogP contribution < -0.4 is 5.32 Å². The second-order valence-electron chi connectivity index (χ2n) is 6.80. The van der Waals surface area contributed by atoms with Crippen LogP contribution in [0.4, 0.5) is 0 Å². The van der Waals surface area contributed by atoms with Gasteiger partial charge in [0.1, 0.15) is 11.2 Å². The molecule has 0 aliphatic heterocycles. The molecule has 5 nitrogen and oxygen atoms in total. The Morgan fingerprint density at radius 3 is 2.69 bits per heavy atom. The second kappa shape index (κ2) is 6.92. The van der Waals surface area contributed by atoms with Crippen molar-refractivity contribution in [3.63, 3.8) is 0 Å². The summed E-state index contributed by atoms with van der Waals surface area (Å²) in [5, 5.41) is 4.15. The first-order valence-electron chi connectivity index (χ1n) is 8.96. The summed E-state index contributed by atoms with van der Waals surface area (Å²) < 4.78 is 11.5. The van der Waals surface area contributed by atoms with Crippen molar-refractivity contribution in [1.82, 2.24) is 10.3 Å². The van der Waals surface area contributed by atoms with Gasteiger partial charge in [0.2, 0.25) is 0 Å². The number of fused-ring (bicyclic) bond motifs is 1. The van der Waals surface area contributed by atoms with Gasteiger partial charge >= 0.3 is 0 Å². The maximum Gasteiger partial charge on any atom is 0.251 e. The van der Waals surface area contributed by atoms with E-state index in [1.54, 1.807) is 19.6 Å². The molecule has 5 heteroatoms. The zero-order valence-corrected chi connectivity index (χ0v) is 14.8. The molecule has 1 aliphatic rings. The second-order valence-corrected chi connectivity index (χ2v) is 6.80. The molecule has 2 aromatic heterocycles. The number of hydrogen-bond acceptors (Lipinski definition) is 4. The SMILES string of the molecule is COC1(c2nccc3occc23)CCC(NC(=O)c2ccccc2)CC1. The van der Waals surface area contributed by atoms with E-state index in [1.165, 1.54) is 0 Å². The molecular weight excluding hydrogens is 328 g/mol. The van der Waals surface area contributed by atoms with E-state index in [0.29, 0.717) is 5.56 Å². The highest BCUT2D eigenvalue weighted by Gasteiger charge is 2.40. The van der Waals surface area contributed by atoms with Crippen molar-refractivity contribution in [3.05, 3.63) is 66.2 Å². The van der Waals surface area contributed by atoms with Gasteiger partial charge in [-0.15, -0.1) is 0 Å². The maximum absolute atomic E-state index is 12.4. The van der Waals surface area contributed by atoms with Gasteiger partial charge in [-0.05, 0) is 49.9 Å². The van der Waals surface area contributed by atoms with Crippen LogP contribution in [0.3, 0.4) is 0 Å². The van der Waals surface area contributed by atoms with Crippen molar-refractivity contribution in [3.8, 4) is 0 Å². The summed E-state index contributed by atoms with van der Waals surface area (Å²) in [6, 6.07) is 13.3. The predicted octanol–water partition coefficient (Wildman–Crippen LogP) is 4.04. The van der Waals surface area contributed by atoms with Gasteiger partial charge in [-0.3, -0.25) is 9.78 Å². The van der Waals surface area contributed by atoms with Gasteiger partial charge < -0.3 is 14.5 Å². The lowest BCUT2D eigenvalue weighted by Gasteiger charge is -2.39. The number of methoxy groups -OCH3 is 1. The van der Waals surface area contributed by atoms with Crippen LogP contribution in [-0.2, 0) is 10.3 Å². The van der Waals surface area contributed by atoms with Crippen LogP contribution in [0.15, 0.2) is 59.3 Å². The lowest BCUT2D eigenvalue weighted by Crippen LogP contribution is -2.43. The third kappa shape index (κ3) is 2.99. The predicted molar refractivity (Wildman–Crippen MR) is 98.9 cm³/mol. The van der Waals surface area contributed by atoms with Crippen molar-refractivity contribution < 1.29 is 13.9 Å². The summed E-state index contributed by atoms with van der Waals surface area (Å²) in [4.78, 5) is 17.0. The number of nitrogens with zero attached hydrogens (tertiary/aromatic N) is 1. The number of ether oxygens (including phenoxy) is 1. The van der Waals surface area contributed by atoms with E-state index < -0.39 is 5.60 Å². The highest BCUT2D eigenvalue weighted by Crippen LogP contribution is 2.42. The van der Waals surface area contributed by atoms with E-state index in [4.69, 9.17) is 9.15 Å². The van der Waals surface area contributed by atoms with Crippen LogP contribution >= 0.6 is 0 Å². The Kier molecular flexibility index (Phi) is 4.47. The molecular formula is C21H22N2O3. The molecule has 134 valence electrons. The summed E-state index contributed by atoms with van der Waals surface area (Å²) in [7, 11) is 1.74. The summed E-state index contributed by atoms with van der Waals surface area (Å²) >= 11 is 0. The molecule has 4 rings (SSSR count). The molecule has 1 N–H and O–H groups in total. The van der Waals surface area contributed by atoms with Crippen molar-refractivity contribution in [2.75, 3.05) is 7.11 Å². The molecule has 2 heterocycles. The Bertz CT molecular complexity index is 896. The third-order valence-corrected chi connectivity index (χ3v) is 5.37. The molecule has 1 fully saturated rings. The quantitative estimate of drug-likeness (QED) is 0.771. The summed E-state index contributed by atoms with van der Waals surface area (Å²) in [6.07, 6.45) is 6.77. The van der Waals surface area contributed by atoms with Gasteiger partial charge in [0.25, 0.3) is 5.91 Å². The van der Waals surface area contributed by atoms with Crippen molar-refractivity contribution >= 4 is 16.9 Å². The molecule has 0 atom stereocenters. The number of pyridine rings is 1. The summed E-state index contributed by atoms with van der Waals surface area (Å²) in [5.41, 5.74) is 2.02. The molecule has 1 saturated carbocycles. The van der Waals surface area contributed by atoms with Crippen LogP contribution in [0.5, 0.6) is 0 Å².